The molecule has 0 aliphatic rings. The van der Waals surface area contributed by atoms with Gasteiger partial charge in [0.05, 0.1) is 29.4 Å². The molecule has 0 saturated carbocycles. The van der Waals surface area contributed by atoms with Crippen molar-refractivity contribution in [2.24, 2.45) is 0 Å². The fourth-order valence-electron chi connectivity index (χ4n) is 1.58. The number of carbonyl (C=O) groups is 1. The van der Waals surface area contributed by atoms with Gasteiger partial charge in [0, 0.05) is 6.42 Å². The van der Waals surface area contributed by atoms with E-state index in [2.05, 4.69) is 34.4 Å². The molecule has 0 aliphatic heterocycles. The zero-order chi connectivity index (χ0) is 17.1. The van der Waals surface area contributed by atoms with Crippen LogP contribution in [0.4, 0.5) is 0 Å². The first-order valence-electron chi connectivity index (χ1n) is 6.81. The molecule has 4 nitrogen and oxygen atoms in total. The number of ether oxygens (including phenoxy) is 1. The molecule has 0 radical (unpaired) electrons. The normalized spacial score (nSPS) is 8.91. The lowest BCUT2D eigenvalue weighted by atomic mass is 10.2. The number of carbonyl (C=O) groups excluding carboxylic acids is 1. The van der Waals surface area contributed by atoms with Gasteiger partial charge in [-0.15, -0.1) is 19.7 Å². The number of halogens is 1. The van der Waals surface area contributed by atoms with Crippen LogP contribution in [0.25, 0.3) is 11.0 Å². The molecule has 0 spiro atoms. The molecule has 0 fully saturated rings. The van der Waals surface area contributed by atoms with Gasteiger partial charge in [-0.2, -0.15) is 0 Å². The average molecular weight is 321 g/mol. The van der Waals surface area contributed by atoms with Crippen LogP contribution in [0, 0.1) is 0 Å². The summed E-state index contributed by atoms with van der Waals surface area (Å²) in [6, 6.07) is 4.98. The molecule has 1 aromatic heterocycles. The molecule has 0 amide bonds. The third-order valence-electron chi connectivity index (χ3n) is 2.45. The number of nitrogens with zero attached hydrogens (tertiary/aromatic N) is 2. The molecular formula is C17H21ClN2O2. The fourth-order valence-corrected chi connectivity index (χ4v) is 1.79. The zero-order valence-corrected chi connectivity index (χ0v) is 14.0. The topological polar surface area (TPSA) is 52.1 Å². The fraction of sp³-hybridized carbons (Fsp3) is 0.235. The van der Waals surface area contributed by atoms with Crippen LogP contribution < -0.4 is 0 Å². The highest BCUT2D eigenvalue weighted by molar-refractivity contribution is 6.30. The molecular weight excluding hydrogens is 300 g/mol. The van der Waals surface area contributed by atoms with Gasteiger partial charge in [0.1, 0.15) is 0 Å². The molecule has 0 bridgehead atoms. The van der Waals surface area contributed by atoms with Crippen molar-refractivity contribution in [3.63, 3.8) is 0 Å². The molecule has 0 N–H and O–H groups in total. The van der Waals surface area contributed by atoms with Crippen molar-refractivity contribution in [2.45, 2.75) is 20.3 Å². The summed E-state index contributed by atoms with van der Waals surface area (Å²) >= 11 is 6.01. The van der Waals surface area contributed by atoms with Crippen molar-refractivity contribution in [1.29, 1.82) is 0 Å². The molecule has 118 valence electrons. The number of fused-ring (bicyclic) bond motifs is 1. The lowest BCUT2D eigenvalue weighted by Gasteiger charge is -2.04. The Labute approximate surface area is 136 Å². The summed E-state index contributed by atoms with van der Waals surface area (Å²) in [5.74, 6) is -0.412. The number of hydrogen-bond acceptors (Lipinski definition) is 4. The molecule has 0 saturated heterocycles. The summed E-state index contributed by atoms with van der Waals surface area (Å²) in [6.07, 6.45) is 2.27. The molecule has 0 aliphatic carbocycles. The lowest BCUT2D eigenvalue weighted by molar-refractivity contribution is 0.0601. The summed E-state index contributed by atoms with van der Waals surface area (Å²) in [4.78, 5) is 20.0. The highest BCUT2D eigenvalue weighted by atomic mass is 35.5. The Kier molecular flexibility index (Phi) is 9.46. The van der Waals surface area contributed by atoms with Crippen molar-refractivity contribution in [2.75, 3.05) is 7.11 Å². The quantitative estimate of drug-likeness (QED) is 0.611. The predicted molar refractivity (Wildman–Crippen MR) is 92.4 cm³/mol. The monoisotopic (exact) mass is 320 g/mol. The van der Waals surface area contributed by atoms with Crippen LogP contribution in [0.3, 0.4) is 0 Å². The summed E-state index contributed by atoms with van der Waals surface area (Å²) in [6.45, 7) is 13.6. The Morgan fingerprint density at radius 1 is 1.27 bits per heavy atom. The lowest BCUT2D eigenvalue weighted by Crippen LogP contribution is -2.02. The second-order valence-corrected chi connectivity index (χ2v) is 4.01. The van der Waals surface area contributed by atoms with E-state index in [0.29, 0.717) is 33.9 Å². The van der Waals surface area contributed by atoms with Crippen molar-refractivity contribution < 1.29 is 9.53 Å². The van der Waals surface area contributed by atoms with E-state index in [1.807, 2.05) is 13.8 Å². The molecule has 0 unspecified atom stereocenters. The van der Waals surface area contributed by atoms with Crippen LogP contribution in [0.2, 0.25) is 5.15 Å². The second kappa shape index (κ2) is 10.5. The maximum atomic E-state index is 11.4. The summed E-state index contributed by atoms with van der Waals surface area (Å²) < 4.78 is 4.64. The first-order valence-corrected chi connectivity index (χ1v) is 7.19. The minimum absolute atomic E-state index is 0.324. The van der Waals surface area contributed by atoms with Gasteiger partial charge in [0.25, 0.3) is 0 Å². The Hall–Kier alpha value is -2.20. The van der Waals surface area contributed by atoms with E-state index in [1.54, 1.807) is 24.3 Å². The third-order valence-corrected chi connectivity index (χ3v) is 2.75. The van der Waals surface area contributed by atoms with Crippen molar-refractivity contribution in [1.82, 2.24) is 9.97 Å². The molecule has 1 aromatic carbocycles. The van der Waals surface area contributed by atoms with Crippen LogP contribution >= 0.6 is 11.6 Å². The zero-order valence-electron chi connectivity index (χ0n) is 13.2. The molecule has 2 rings (SSSR count). The smallest absolute Gasteiger partial charge is 0.337 e. The van der Waals surface area contributed by atoms with Crippen molar-refractivity contribution >= 4 is 28.6 Å². The van der Waals surface area contributed by atoms with Gasteiger partial charge in [0.15, 0.2) is 5.15 Å². The predicted octanol–water partition coefficient (Wildman–Crippen LogP) is 4.63. The highest BCUT2D eigenvalue weighted by Crippen LogP contribution is 2.19. The van der Waals surface area contributed by atoms with Gasteiger partial charge in [-0.25, -0.2) is 14.8 Å². The minimum atomic E-state index is -0.412. The third kappa shape index (κ3) is 4.97. The van der Waals surface area contributed by atoms with Crippen LogP contribution in [-0.2, 0) is 11.2 Å². The Morgan fingerprint density at radius 3 is 2.45 bits per heavy atom. The van der Waals surface area contributed by atoms with Crippen LogP contribution in [0.1, 0.15) is 29.9 Å². The molecule has 22 heavy (non-hydrogen) atoms. The minimum Gasteiger partial charge on any atom is -0.465 e. The van der Waals surface area contributed by atoms with E-state index in [-0.39, 0.29) is 0 Å². The van der Waals surface area contributed by atoms with Gasteiger partial charge in [-0.1, -0.05) is 31.5 Å². The first-order chi connectivity index (χ1) is 10.7. The van der Waals surface area contributed by atoms with E-state index < -0.39 is 5.97 Å². The summed E-state index contributed by atoms with van der Waals surface area (Å²) in [5.41, 5.74) is 2.34. The van der Waals surface area contributed by atoms with Gasteiger partial charge < -0.3 is 4.74 Å². The molecule has 2 aromatic rings. The maximum Gasteiger partial charge on any atom is 0.337 e. The van der Waals surface area contributed by atoms with Gasteiger partial charge in [-0.05, 0) is 18.2 Å². The van der Waals surface area contributed by atoms with E-state index >= 15 is 0 Å². The van der Waals surface area contributed by atoms with Gasteiger partial charge >= 0.3 is 5.97 Å². The maximum absolute atomic E-state index is 11.4. The number of methoxy groups -OCH3 is 1. The SMILES string of the molecule is C=C.C=CCc1nc2ccc(C(=O)OC)cc2nc1Cl.CC. The number of esters is 1. The van der Waals surface area contributed by atoms with Gasteiger partial charge in [-0.3, -0.25) is 0 Å². The Balaban J connectivity index is 0.00000102. The van der Waals surface area contributed by atoms with Gasteiger partial charge in [0.2, 0.25) is 0 Å². The number of benzene rings is 1. The Bertz CT molecular complexity index is 642. The van der Waals surface area contributed by atoms with E-state index in [4.69, 9.17) is 11.6 Å². The summed E-state index contributed by atoms with van der Waals surface area (Å²) in [7, 11) is 1.33. The number of allylic oxidation sites excluding steroid dienone is 1. The number of rotatable bonds is 3. The molecule has 1 heterocycles. The van der Waals surface area contributed by atoms with Crippen LogP contribution in [0.15, 0.2) is 44.0 Å². The standard InChI is InChI=1S/C13H11ClN2O2.C2H6.C2H4/c1-3-4-10-12(14)16-11-7-8(13(17)18-2)5-6-9(11)15-10;2*1-2/h3,5-7H,1,4H2,2H3;1-2H3;1-2H2. The van der Waals surface area contributed by atoms with Crippen LogP contribution in [-0.4, -0.2) is 23.0 Å². The van der Waals surface area contributed by atoms with E-state index in [0.717, 1.165) is 0 Å². The Morgan fingerprint density at radius 2 is 1.91 bits per heavy atom. The number of aromatic nitrogens is 2. The second-order valence-electron chi connectivity index (χ2n) is 3.65. The molecule has 5 heteroatoms. The number of hydrogen-bond donors (Lipinski definition) is 0. The summed E-state index contributed by atoms with van der Waals surface area (Å²) in [5, 5.41) is 0.324. The van der Waals surface area contributed by atoms with Crippen molar-refractivity contribution in [3.05, 3.63) is 60.4 Å². The molecule has 0 atom stereocenters. The van der Waals surface area contributed by atoms with Crippen LogP contribution in [0.5, 0.6) is 0 Å². The first kappa shape index (κ1) is 19.8. The highest BCUT2D eigenvalue weighted by Gasteiger charge is 2.10. The van der Waals surface area contributed by atoms with E-state index in [9.17, 15) is 4.79 Å². The van der Waals surface area contributed by atoms with E-state index in [1.165, 1.54) is 7.11 Å². The largest absolute Gasteiger partial charge is 0.465 e. The van der Waals surface area contributed by atoms with Crippen molar-refractivity contribution in [3.8, 4) is 0 Å². The average Bonchev–Trinajstić information content (AvgIpc) is 2.58.